The van der Waals surface area contributed by atoms with Crippen molar-refractivity contribution >= 4 is 27.5 Å². The van der Waals surface area contributed by atoms with Crippen LogP contribution in [0.25, 0.3) is 0 Å². The van der Waals surface area contributed by atoms with E-state index in [1.807, 2.05) is 57.2 Å². The fourth-order valence-corrected chi connectivity index (χ4v) is 8.83. The molecule has 2 amide bonds. The molecule has 4 bridgehead atoms. The van der Waals surface area contributed by atoms with Crippen LogP contribution in [0.5, 0.6) is 0 Å². The summed E-state index contributed by atoms with van der Waals surface area (Å²) in [5.41, 5.74) is 3.97. The van der Waals surface area contributed by atoms with Gasteiger partial charge in [-0.2, -0.15) is 0 Å². The average Bonchev–Trinajstić information content (AvgIpc) is 2.92. The van der Waals surface area contributed by atoms with Crippen molar-refractivity contribution < 1.29 is 18.0 Å². The van der Waals surface area contributed by atoms with Crippen molar-refractivity contribution in [2.45, 2.75) is 84.2 Å². The highest BCUT2D eigenvalue weighted by molar-refractivity contribution is 7.92. The molecular weight excluding hydrogens is 546 g/mol. The van der Waals surface area contributed by atoms with Crippen LogP contribution >= 0.6 is 0 Å². The van der Waals surface area contributed by atoms with Gasteiger partial charge >= 0.3 is 0 Å². The van der Waals surface area contributed by atoms with Crippen LogP contribution in [-0.4, -0.2) is 50.5 Å². The van der Waals surface area contributed by atoms with Crippen LogP contribution in [-0.2, 0) is 31.6 Å². The molecule has 4 aliphatic carbocycles. The van der Waals surface area contributed by atoms with Crippen molar-refractivity contribution in [3.05, 3.63) is 65.2 Å². The van der Waals surface area contributed by atoms with Crippen LogP contribution in [0.15, 0.2) is 48.5 Å². The molecule has 0 saturated heterocycles. The predicted octanol–water partition coefficient (Wildman–Crippen LogP) is 5.42. The van der Waals surface area contributed by atoms with Crippen LogP contribution in [0, 0.1) is 30.6 Å². The highest BCUT2D eigenvalue weighted by atomic mass is 32.2. The SMILES string of the molecule is Cc1ccc(CN(C(=O)CN(c2ccc(C34CC5CC(CC(C5)C3)C4)cc2)S(C)(=O)=O)[C@H](C)C(=O)NCC(C)C)cc1. The number of sulfonamides is 1. The maximum absolute atomic E-state index is 13.9. The third kappa shape index (κ3) is 6.69. The van der Waals surface area contributed by atoms with Gasteiger partial charge in [-0.05, 0) is 105 Å². The summed E-state index contributed by atoms with van der Waals surface area (Å²) in [5, 5.41) is 2.92. The van der Waals surface area contributed by atoms with Gasteiger partial charge in [0.25, 0.3) is 0 Å². The Kier molecular flexibility index (Phi) is 8.75. The first-order chi connectivity index (χ1) is 19.8. The molecule has 0 unspecified atom stereocenters. The van der Waals surface area contributed by atoms with Crippen LogP contribution in [0.3, 0.4) is 0 Å². The molecular formula is C34H47N3O4S. The zero-order valence-corrected chi connectivity index (χ0v) is 26.6. The van der Waals surface area contributed by atoms with Crippen LogP contribution in [0.1, 0.15) is 76.0 Å². The van der Waals surface area contributed by atoms with Crippen molar-refractivity contribution in [1.29, 1.82) is 0 Å². The first-order valence-corrected chi connectivity index (χ1v) is 17.4. The van der Waals surface area contributed by atoms with E-state index >= 15 is 0 Å². The minimum absolute atomic E-state index is 0.206. The standard InChI is InChI=1S/C34H47N3O4S/c1-23(2)20-35-33(39)25(4)36(21-26-8-6-24(3)7-9-26)32(38)22-37(42(5,40)41)31-12-10-30(11-13-31)34-17-27-14-28(18-34)16-29(15-27)19-34/h6-13,23,25,27-29H,14-22H2,1-5H3,(H,35,39)/t25-,27?,28?,29?,34?/m1/s1. The van der Waals surface area contributed by atoms with Gasteiger partial charge in [-0.3, -0.25) is 13.9 Å². The second-order valence-corrected chi connectivity index (χ2v) is 15.7. The number of anilines is 1. The number of carbonyl (C=O) groups excluding carboxylic acids is 2. The van der Waals surface area contributed by atoms with Gasteiger partial charge in [-0.25, -0.2) is 8.42 Å². The van der Waals surface area contributed by atoms with E-state index in [4.69, 9.17) is 0 Å². The normalized spacial score (nSPS) is 25.3. The lowest BCUT2D eigenvalue weighted by molar-refractivity contribution is -0.139. The van der Waals surface area contributed by atoms with E-state index in [0.29, 0.717) is 12.2 Å². The van der Waals surface area contributed by atoms with Gasteiger partial charge in [-0.15, -0.1) is 0 Å². The summed E-state index contributed by atoms with van der Waals surface area (Å²) in [4.78, 5) is 28.4. The van der Waals surface area contributed by atoms with Crippen LogP contribution < -0.4 is 9.62 Å². The summed E-state index contributed by atoms with van der Waals surface area (Å²) >= 11 is 0. The van der Waals surface area contributed by atoms with Gasteiger partial charge in [0.15, 0.2) is 0 Å². The number of aryl methyl sites for hydroxylation is 1. The summed E-state index contributed by atoms with van der Waals surface area (Å²) in [5.74, 6) is 2.05. The average molecular weight is 594 g/mol. The second-order valence-electron chi connectivity index (χ2n) is 13.8. The quantitative estimate of drug-likeness (QED) is 0.377. The van der Waals surface area contributed by atoms with Gasteiger partial charge in [-0.1, -0.05) is 55.8 Å². The first kappa shape index (κ1) is 30.6. The largest absolute Gasteiger partial charge is 0.354 e. The molecule has 0 aliphatic heterocycles. The van der Waals surface area contributed by atoms with E-state index < -0.39 is 22.0 Å². The summed E-state index contributed by atoms with van der Waals surface area (Å²) in [6.45, 7) is 8.06. The number of carbonyl (C=O) groups is 2. The topological polar surface area (TPSA) is 86.8 Å². The number of benzene rings is 2. The Bertz CT molecular complexity index is 1350. The highest BCUT2D eigenvalue weighted by Crippen LogP contribution is 2.60. The van der Waals surface area contributed by atoms with Crippen LogP contribution in [0.4, 0.5) is 5.69 Å². The van der Waals surface area contributed by atoms with E-state index in [-0.39, 0.29) is 30.3 Å². The van der Waals surface area contributed by atoms with E-state index in [0.717, 1.165) is 35.1 Å². The molecule has 1 atom stereocenters. The van der Waals surface area contributed by atoms with E-state index in [1.165, 1.54) is 53.3 Å². The minimum atomic E-state index is -3.76. The smallest absolute Gasteiger partial charge is 0.244 e. The molecule has 6 rings (SSSR count). The van der Waals surface area contributed by atoms with Crippen molar-refractivity contribution in [3.8, 4) is 0 Å². The van der Waals surface area contributed by atoms with E-state index in [9.17, 15) is 18.0 Å². The molecule has 228 valence electrons. The summed E-state index contributed by atoms with van der Waals surface area (Å²) < 4.78 is 27.3. The van der Waals surface area contributed by atoms with Gasteiger partial charge in [0.2, 0.25) is 21.8 Å². The molecule has 2 aromatic rings. The third-order valence-corrected chi connectivity index (χ3v) is 11.0. The molecule has 0 radical (unpaired) electrons. The highest BCUT2D eigenvalue weighted by Gasteiger charge is 2.51. The van der Waals surface area contributed by atoms with Gasteiger partial charge in [0, 0.05) is 13.1 Å². The Morgan fingerprint density at radius 1 is 0.905 bits per heavy atom. The van der Waals surface area contributed by atoms with Crippen molar-refractivity contribution in [3.63, 3.8) is 0 Å². The van der Waals surface area contributed by atoms with Crippen molar-refractivity contribution in [2.75, 3.05) is 23.7 Å². The molecule has 8 heteroatoms. The number of amides is 2. The zero-order valence-electron chi connectivity index (χ0n) is 25.8. The van der Waals surface area contributed by atoms with Gasteiger partial charge < -0.3 is 10.2 Å². The number of nitrogens with zero attached hydrogens (tertiary/aromatic N) is 2. The number of hydrogen-bond donors (Lipinski definition) is 1. The summed E-state index contributed by atoms with van der Waals surface area (Å²) in [6, 6.07) is 15.0. The Morgan fingerprint density at radius 2 is 1.45 bits per heavy atom. The molecule has 1 N–H and O–H groups in total. The number of nitrogens with one attached hydrogen (secondary N) is 1. The van der Waals surface area contributed by atoms with E-state index in [2.05, 4.69) is 17.4 Å². The molecule has 0 spiro atoms. The maximum atomic E-state index is 13.9. The molecule has 0 heterocycles. The van der Waals surface area contributed by atoms with Crippen LogP contribution in [0.2, 0.25) is 0 Å². The third-order valence-electron chi connectivity index (χ3n) is 9.81. The van der Waals surface area contributed by atoms with E-state index in [1.54, 1.807) is 6.92 Å². The molecule has 7 nitrogen and oxygen atoms in total. The lowest BCUT2D eigenvalue weighted by atomic mass is 9.48. The van der Waals surface area contributed by atoms with Crippen molar-refractivity contribution in [1.82, 2.24) is 10.2 Å². The monoisotopic (exact) mass is 593 g/mol. The Hall–Kier alpha value is -2.87. The number of hydrogen-bond acceptors (Lipinski definition) is 4. The summed E-state index contributed by atoms with van der Waals surface area (Å²) in [6.07, 6.45) is 8.94. The molecule has 2 aromatic carbocycles. The fraction of sp³-hybridized carbons (Fsp3) is 0.588. The first-order valence-electron chi connectivity index (χ1n) is 15.5. The Labute approximate surface area is 252 Å². The summed E-state index contributed by atoms with van der Waals surface area (Å²) in [7, 11) is -3.76. The maximum Gasteiger partial charge on any atom is 0.244 e. The number of rotatable bonds is 11. The lowest BCUT2D eigenvalue weighted by Gasteiger charge is -2.57. The van der Waals surface area contributed by atoms with Crippen molar-refractivity contribution in [2.24, 2.45) is 23.7 Å². The molecule has 0 aromatic heterocycles. The molecule has 42 heavy (non-hydrogen) atoms. The predicted molar refractivity (Wildman–Crippen MR) is 168 cm³/mol. The molecule has 4 aliphatic rings. The zero-order chi connectivity index (χ0) is 30.2. The Morgan fingerprint density at radius 3 is 1.95 bits per heavy atom. The Balaban J connectivity index is 1.37. The molecule has 4 saturated carbocycles. The molecule has 4 fully saturated rings. The lowest BCUT2D eigenvalue weighted by Crippen LogP contribution is -2.51. The minimum Gasteiger partial charge on any atom is -0.354 e. The fourth-order valence-electron chi connectivity index (χ4n) is 7.98. The van der Waals surface area contributed by atoms with Gasteiger partial charge in [0.05, 0.1) is 11.9 Å². The van der Waals surface area contributed by atoms with Gasteiger partial charge in [0.1, 0.15) is 12.6 Å². The second kappa shape index (κ2) is 12.0.